The Bertz CT molecular complexity index is 1150. The number of amides is 3. The Morgan fingerprint density at radius 2 is 1.79 bits per heavy atom. The van der Waals surface area contributed by atoms with Crippen LogP contribution in [0.3, 0.4) is 0 Å². The van der Waals surface area contributed by atoms with Crippen LogP contribution in [0.4, 0.5) is 10.5 Å². The first-order valence-corrected chi connectivity index (χ1v) is 14.5. The molecule has 2 aromatic rings. The minimum Gasteiger partial charge on any atom is -0.444 e. The second-order valence-corrected chi connectivity index (χ2v) is 12.1. The van der Waals surface area contributed by atoms with Gasteiger partial charge in [0.05, 0.1) is 0 Å². The third-order valence-electron chi connectivity index (χ3n) is 6.57. The van der Waals surface area contributed by atoms with Crippen LogP contribution in [-0.4, -0.2) is 52.5 Å². The number of nitrogens with one attached hydrogen (secondary N) is 2. The van der Waals surface area contributed by atoms with Gasteiger partial charge in [0, 0.05) is 11.7 Å². The van der Waals surface area contributed by atoms with Crippen molar-refractivity contribution in [2.24, 2.45) is 5.92 Å². The number of nitrogens with zero attached hydrogens (tertiary/aromatic N) is 1. The molecule has 0 aliphatic heterocycles. The quantitative estimate of drug-likeness (QED) is 0.395. The van der Waals surface area contributed by atoms with Crippen LogP contribution in [0.2, 0.25) is 0 Å². The van der Waals surface area contributed by atoms with E-state index in [1.165, 1.54) is 0 Å². The van der Waals surface area contributed by atoms with E-state index in [1.807, 2.05) is 68.6 Å². The normalized spacial score (nSPS) is 18.2. The molecule has 7 nitrogen and oxygen atoms in total. The Balaban J connectivity index is 2.01. The van der Waals surface area contributed by atoms with E-state index in [-0.39, 0.29) is 23.8 Å². The number of carbonyl (C=O) groups excluding carboxylic acids is 3. The van der Waals surface area contributed by atoms with Crippen LogP contribution in [0.5, 0.6) is 0 Å². The van der Waals surface area contributed by atoms with Gasteiger partial charge >= 0.3 is 6.09 Å². The van der Waals surface area contributed by atoms with Crippen LogP contribution in [0.25, 0.3) is 0 Å². The number of alkyl carbamates (subject to hydrolysis) is 1. The minimum atomic E-state index is -0.853. The molecule has 4 unspecified atom stereocenters. The third-order valence-corrected chi connectivity index (χ3v) is 7.21. The highest BCUT2D eigenvalue weighted by Crippen LogP contribution is 2.41. The lowest BCUT2D eigenvalue weighted by Gasteiger charge is -2.35. The second-order valence-electron chi connectivity index (χ2n) is 11.1. The zero-order chi connectivity index (χ0) is 28.0. The van der Waals surface area contributed by atoms with Gasteiger partial charge in [-0.2, -0.15) is 11.8 Å². The van der Waals surface area contributed by atoms with Crippen LogP contribution < -0.4 is 10.6 Å². The highest BCUT2D eigenvalue weighted by Gasteiger charge is 2.48. The number of hydrogen-bond acceptors (Lipinski definition) is 5. The Hall–Kier alpha value is -3.00. The fraction of sp³-hybridized carbons (Fsp3) is 0.500. The van der Waals surface area contributed by atoms with Crippen molar-refractivity contribution < 1.29 is 19.1 Å². The van der Waals surface area contributed by atoms with Crippen molar-refractivity contribution in [2.75, 3.05) is 17.3 Å². The summed E-state index contributed by atoms with van der Waals surface area (Å²) in [6.45, 7) is 11.3. The number of benzene rings is 2. The Labute approximate surface area is 231 Å². The Kier molecular flexibility index (Phi) is 9.88. The fourth-order valence-electron chi connectivity index (χ4n) is 4.49. The van der Waals surface area contributed by atoms with Crippen LogP contribution >= 0.6 is 11.8 Å². The monoisotopic (exact) mass is 539 g/mol. The highest BCUT2D eigenvalue weighted by atomic mass is 32.2. The summed E-state index contributed by atoms with van der Waals surface area (Å²) < 4.78 is 5.47. The number of ether oxygens (including phenoxy) is 1. The summed E-state index contributed by atoms with van der Waals surface area (Å²) in [5, 5.41) is 5.87. The van der Waals surface area contributed by atoms with E-state index >= 15 is 0 Å². The summed E-state index contributed by atoms with van der Waals surface area (Å²) in [5.41, 5.74) is 2.69. The van der Waals surface area contributed by atoms with E-state index in [0.717, 1.165) is 23.1 Å². The van der Waals surface area contributed by atoms with Crippen molar-refractivity contribution in [1.82, 2.24) is 10.2 Å². The summed E-state index contributed by atoms with van der Waals surface area (Å²) >= 11 is 1.60. The number of thioether (sulfide) groups is 1. The maximum absolute atomic E-state index is 14.3. The molecule has 1 saturated carbocycles. The molecule has 2 aromatic carbocycles. The molecule has 38 heavy (non-hydrogen) atoms. The zero-order valence-corrected chi connectivity index (χ0v) is 24.4. The number of para-hydroxylation sites is 1. The lowest BCUT2D eigenvalue weighted by atomic mass is 9.99. The van der Waals surface area contributed by atoms with Crippen LogP contribution in [0.15, 0.2) is 48.5 Å². The third kappa shape index (κ3) is 8.00. The number of rotatable bonds is 10. The molecule has 1 aliphatic carbocycles. The van der Waals surface area contributed by atoms with E-state index in [9.17, 15) is 14.4 Å². The van der Waals surface area contributed by atoms with Crippen molar-refractivity contribution in [1.29, 1.82) is 0 Å². The minimum absolute atomic E-state index is 0.104. The number of aryl methyl sites for hydroxylation is 2. The molecule has 0 bridgehead atoms. The molecule has 3 amide bonds. The lowest BCUT2D eigenvalue weighted by molar-refractivity contribution is -0.141. The van der Waals surface area contributed by atoms with Crippen LogP contribution in [0.1, 0.15) is 63.3 Å². The van der Waals surface area contributed by atoms with E-state index in [2.05, 4.69) is 17.6 Å². The molecule has 0 spiro atoms. The van der Waals surface area contributed by atoms with Crippen molar-refractivity contribution in [3.8, 4) is 0 Å². The summed E-state index contributed by atoms with van der Waals surface area (Å²) in [6, 6.07) is 13.5. The van der Waals surface area contributed by atoms with Gasteiger partial charge in [0.1, 0.15) is 17.7 Å². The van der Waals surface area contributed by atoms with Gasteiger partial charge in [-0.1, -0.05) is 55.0 Å². The Morgan fingerprint density at radius 1 is 1.11 bits per heavy atom. The van der Waals surface area contributed by atoms with Crippen molar-refractivity contribution in [2.45, 2.75) is 78.1 Å². The first-order valence-electron chi connectivity index (χ1n) is 13.1. The number of hydrogen-bond donors (Lipinski definition) is 2. The Morgan fingerprint density at radius 3 is 2.37 bits per heavy atom. The van der Waals surface area contributed by atoms with Gasteiger partial charge in [-0.25, -0.2) is 4.79 Å². The number of anilines is 1. The molecular formula is C30H41N3O4S. The predicted octanol–water partition coefficient (Wildman–Crippen LogP) is 5.87. The summed E-state index contributed by atoms with van der Waals surface area (Å²) in [6.07, 6.45) is 2.54. The van der Waals surface area contributed by atoms with Gasteiger partial charge in [-0.05, 0) is 82.6 Å². The molecule has 1 fully saturated rings. The van der Waals surface area contributed by atoms with E-state index in [1.54, 1.807) is 37.4 Å². The predicted molar refractivity (Wildman–Crippen MR) is 154 cm³/mol. The first-order chi connectivity index (χ1) is 17.9. The standard InChI is InChI=1S/C30H41N3O4S/c1-19-11-10-13-22(17-19)26(27(34)31-23-14-9-8-12-20(23)2)33(25-18-21(25)3)28(35)24(15-16-38-7)32-29(36)37-30(4,5)6/h8-14,17,21,24-26H,15-16,18H2,1-7H3,(H,31,34)(H,32,36). The molecule has 0 aromatic heterocycles. The summed E-state index contributed by atoms with van der Waals surface area (Å²) in [5.74, 6) is 0.370. The summed E-state index contributed by atoms with van der Waals surface area (Å²) in [4.78, 5) is 42.7. The van der Waals surface area contributed by atoms with Crippen molar-refractivity contribution in [3.05, 3.63) is 65.2 Å². The first kappa shape index (κ1) is 29.6. The van der Waals surface area contributed by atoms with Gasteiger partial charge in [0.2, 0.25) is 5.91 Å². The molecule has 0 heterocycles. The molecule has 2 N–H and O–H groups in total. The van der Waals surface area contributed by atoms with E-state index in [4.69, 9.17) is 4.74 Å². The van der Waals surface area contributed by atoms with Gasteiger partial charge in [0.15, 0.2) is 0 Å². The highest BCUT2D eigenvalue weighted by molar-refractivity contribution is 7.98. The maximum Gasteiger partial charge on any atom is 0.408 e. The molecule has 4 atom stereocenters. The molecule has 206 valence electrons. The average molecular weight is 540 g/mol. The van der Waals surface area contributed by atoms with Crippen LogP contribution in [0, 0.1) is 19.8 Å². The SMILES string of the molecule is CSCCC(NC(=O)OC(C)(C)C)C(=O)N(C(C(=O)Nc1ccccc1C)c1cccc(C)c1)C1CC1C. The summed E-state index contributed by atoms with van der Waals surface area (Å²) in [7, 11) is 0. The topological polar surface area (TPSA) is 87.7 Å². The lowest BCUT2D eigenvalue weighted by Crippen LogP contribution is -2.53. The van der Waals surface area contributed by atoms with Crippen molar-refractivity contribution in [3.63, 3.8) is 0 Å². The van der Waals surface area contributed by atoms with Crippen molar-refractivity contribution >= 4 is 35.4 Å². The molecule has 0 radical (unpaired) electrons. The molecule has 1 aliphatic rings. The molecule has 8 heteroatoms. The van der Waals surface area contributed by atoms with E-state index < -0.39 is 23.8 Å². The molecular weight excluding hydrogens is 498 g/mol. The molecule has 0 saturated heterocycles. The smallest absolute Gasteiger partial charge is 0.408 e. The molecule has 3 rings (SSSR count). The average Bonchev–Trinajstić information content (AvgIpc) is 3.55. The van der Waals surface area contributed by atoms with Gasteiger partial charge in [0.25, 0.3) is 5.91 Å². The maximum atomic E-state index is 14.3. The zero-order valence-electron chi connectivity index (χ0n) is 23.5. The fourth-order valence-corrected chi connectivity index (χ4v) is 4.96. The van der Waals surface area contributed by atoms with Crippen LogP contribution in [-0.2, 0) is 14.3 Å². The number of carbonyl (C=O) groups is 3. The largest absolute Gasteiger partial charge is 0.444 e. The van der Waals surface area contributed by atoms with E-state index in [0.29, 0.717) is 17.9 Å². The van der Waals surface area contributed by atoms with Gasteiger partial charge in [-0.3, -0.25) is 9.59 Å². The second kappa shape index (κ2) is 12.7. The van der Waals surface area contributed by atoms with Gasteiger partial charge < -0.3 is 20.3 Å². The van der Waals surface area contributed by atoms with Gasteiger partial charge in [-0.15, -0.1) is 0 Å².